The highest BCUT2D eigenvalue weighted by molar-refractivity contribution is 5.27. The smallest absolute Gasteiger partial charge is 0.315 e. The second-order valence-corrected chi connectivity index (χ2v) is 6.50. The highest BCUT2D eigenvalue weighted by atomic mass is 16.4. The Hall–Kier alpha value is -1.85. The van der Waals surface area contributed by atoms with E-state index in [1.54, 1.807) is 0 Å². The van der Waals surface area contributed by atoms with Crippen molar-refractivity contribution >= 4 is 6.01 Å². The van der Waals surface area contributed by atoms with E-state index in [2.05, 4.69) is 21.7 Å². The zero-order valence-corrected chi connectivity index (χ0v) is 13.7. The molecular weight excluding hydrogens is 278 g/mol. The van der Waals surface area contributed by atoms with Crippen molar-refractivity contribution in [1.29, 1.82) is 0 Å². The molecule has 0 saturated heterocycles. The Bertz CT molecular complexity index is 610. The highest BCUT2D eigenvalue weighted by Crippen LogP contribution is 2.33. The molecule has 0 bridgehead atoms. The van der Waals surface area contributed by atoms with Gasteiger partial charge in [-0.05, 0) is 12.8 Å². The van der Waals surface area contributed by atoms with Crippen molar-refractivity contribution in [3.05, 3.63) is 23.3 Å². The summed E-state index contributed by atoms with van der Waals surface area (Å²) in [7, 11) is 1.99. The predicted octanol–water partition coefficient (Wildman–Crippen LogP) is 3.59. The van der Waals surface area contributed by atoms with Crippen LogP contribution in [0.1, 0.15) is 74.9 Å². The number of aromatic nitrogens is 4. The first-order valence-electron chi connectivity index (χ1n) is 8.23. The van der Waals surface area contributed by atoms with Gasteiger partial charge < -0.3 is 9.73 Å². The van der Waals surface area contributed by atoms with Crippen molar-refractivity contribution in [3.63, 3.8) is 0 Å². The van der Waals surface area contributed by atoms with E-state index < -0.39 is 0 Å². The minimum absolute atomic E-state index is 0.249. The maximum atomic E-state index is 5.60. The van der Waals surface area contributed by atoms with Gasteiger partial charge in [-0.25, -0.2) is 0 Å². The van der Waals surface area contributed by atoms with E-state index in [1.165, 1.54) is 43.4 Å². The minimum Gasteiger partial charge on any atom is -0.408 e. The lowest BCUT2D eigenvalue weighted by molar-refractivity contribution is 0.432. The van der Waals surface area contributed by atoms with Crippen LogP contribution in [0.4, 0.5) is 6.01 Å². The van der Waals surface area contributed by atoms with Crippen LogP contribution in [-0.4, -0.2) is 20.0 Å². The molecule has 0 aromatic carbocycles. The van der Waals surface area contributed by atoms with E-state index in [0.29, 0.717) is 24.4 Å². The Morgan fingerprint density at radius 3 is 2.73 bits per heavy atom. The predicted molar refractivity (Wildman–Crippen MR) is 84.7 cm³/mol. The van der Waals surface area contributed by atoms with Crippen molar-refractivity contribution < 1.29 is 4.42 Å². The summed E-state index contributed by atoms with van der Waals surface area (Å²) in [6.45, 7) is 4.76. The molecule has 0 spiro atoms. The Kier molecular flexibility index (Phi) is 4.45. The molecule has 0 radical (unpaired) electrons. The molecule has 0 amide bonds. The van der Waals surface area contributed by atoms with Crippen LogP contribution in [0, 0.1) is 0 Å². The maximum absolute atomic E-state index is 5.60. The fourth-order valence-corrected chi connectivity index (χ4v) is 3.12. The molecule has 6 nitrogen and oxygen atoms in total. The normalized spacial score (nSPS) is 16.4. The summed E-state index contributed by atoms with van der Waals surface area (Å²) in [5.74, 6) is 1.51. The number of hydrogen-bond acceptors (Lipinski definition) is 5. The molecule has 2 aromatic rings. The lowest BCUT2D eigenvalue weighted by Gasteiger charge is -2.20. The van der Waals surface area contributed by atoms with E-state index in [1.807, 2.05) is 25.6 Å². The molecule has 120 valence electrons. The summed E-state index contributed by atoms with van der Waals surface area (Å²) in [4.78, 5) is 0. The standard InChI is InChI=1S/C16H25N5O/c1-11(2)15-18-19-16(22-15)17-9-13-10-21(3)20-14(13)12-7-5-4-6-8-12/h10-12H,4-9H2,1-3H3,(H,17,19). The monoisotopic (exact) mass is 303 g/mol. The van der Waals surface area contributed by atoms with Gasteiger partial charge in [0.2, 0.25) is 5.89 Å². The summed E-state index contributed by atoms with van der Waals surface area (Å²) in [5, 5.41) is 16.0. The zero-order valence-electron chi connectivity index (χ0n) is 13.7. The van der Waals surface area contributed by atoms with E-state index in [0.717, 1.165) is 0 Å². The van der Waals surface area contributed by atoms with Gasteiger partial charge in [0.25, 0.3) is 0 Å². The molecular formula is C16H25N5O. The summed E-state index contributed by atoms with van der Waals surface area (Å²) in [6.07, 6.45) is 8.59. The fraction of sp³-hybridized carbons (Fsp3) is 0.688. The van der Waals surface area contributed by atoms with Gasteiger partial charge in [0.15, 0.2) is 0 Å². The third kappa shape index (κ3) is 3.31. The molecule has 1 aliphatic carbocycles. The fourth-order valence-electron chi connectivity index (χ4n) is 3.12. The van der Waals surface area contributed by atoms with Crippen LogP contribution in [0.5, 0.6) is 0 Å². The van der Waals surface area contributed by atoms with Crippen molar-refractivity contribution in [2.24, 2.45) is 7.05 Å². The van der Waals surface area contributed by atoms with E-state index in [9.17, 15) is 0 Å². The third-order valence-corrected chi connectivity index (χ3v) is 4.29. The molecule has 6 heteroatoms. The van der Waals surface area contributed by atoms with Gasteiger partial charge in [-0.2, -0.15) is 5.10 Å². The number of aryl methyl sites for hydroxylation is 1. The van der Waals surface area contributed by atoms with Gasteiger partial charge in [0.1, 0.15) is 0 Å². The SMILES string of the molecule is CC(C)c1nnc(NCc2cn(C)nc2C2CCCCC2)o1. The molecule has 22 heavy (non-hydrogen) atoms. The van der Waals surface area contributed by atoms with Crippen molar-refractivity contribution in [2.45, 2.75) is 64.3 Å². The van der Waals surface area contributed by atoms with Crippen LogP contribution in [0.15, 0.2) is 10.6 Å². The number of hydrogen-bond donors (Lipinski definition) is 1. The molecule has 1 aliphatic rings. The first-order valence-corrected chi connectivity index (χ1v) is 8.23. The van der Waals surface area contributed by atoms with Gasteiger partial charge >= 0.3 is 6.01 Å². The van der Waals surface area contributed by atoms with Crippen molar-refractivity contribution in [1.82, 2.24) is 20.0 Å². The Balaban J connectivity index is 1.68. The average Bonchev–Trinajstić information content (AvgIpc) is 3.12. The van der Waals surface area contributed by atoms with Crippen LogP contribution >= 0.6 is 0 Å². The molecule has 3 rings (SSSR count). The van der Waals surface area contributed by atoms with Crippen molar-refractivity contribution in [2.75, 3.05) is 5.32 Å². The second-order valence-electron chi connectivity index (χ2n) is 6.50. The zero-order chi connectivity index (χ0) is 15.5. The first kappa shape index (κ1) is 15.1. The van der Waals surface area contributed by atoms with Crippen LogP contribution in [0.25, 0.3) is 0 Å². The van der Waals surface area contributed by atoms with Gasteiger partial charge in [0.05, 0.1) is 5.69 Å². The summed E-state index contributed by atoms with van der Waals surface area (Å²) < 4.78 is 7.51. The molecule has 0 aliphatic heterocycles. The number of anilines is 1. The molecule has 2 heterocycles. The highest BCUT2D eigenvalue weighted by Gasteiger charge is 2.21. The van der Waals surface area contributed by atoms with Crippen LogP contribution in [-0.2, 0) is 13.6 Å². The number of nitrogens with zero attached hydrogens (tertiary/aromatic N) is 4. The topological polar surface area (TPSA) is 68.8 Å². The van der Waals surface area contributed by atoms with Crippen LogP contribution < -0.4 is 5.32 Å². The summed E-state index contributed by atoms with van der Waals surface area (Å²) in [5.41, 5.74) is 2.47. The van der Waals surface area contributed by atoms with E-state index in [-0.39, 0.29) is 5.92 Å². The Labute approximate surface area is 131 Å². The van der Waals surface area contributed by atoms with E-state index in [4.69, 9.17) is 9.52 Å². The summed E-state index contributed by atoms with van der Waals surface area (Å²) >= 11 is 0. The molecule has 0 atom stereocenters. The van der Waals surface area contributed by atoms with Crippen molar-refractivity contribution in [3.8, 4) is 0 Å². The lowest BCUT2D eigenvalue weighted by atomic mass is 9.85. The molecule has 2 aromatic heterocycles. The molecule has 1 N–H and O–H groups in total. The molecule has 1 saturated carbocycles. The van der Waals surface area contributed by atoms with Crippen LogP contribution in [0.3, 0.4) is 0 Å². The van der Waals surface area contributed by atoms with Gasteiger partial charge in [-0.15, -0.1) is 5.10 Å². The molecule has 0 unspecified atom stereocenters. The number of nitrogens with one attached hydrogen (secondary N) is 1. The quantitative estimate of drug-likeness (QED) is 0.914. The second kappa shape index (κ2) is 6.50. The lowest BCUT2D eigenvalue weighted by Crippen LogP contribution is -2.09. The Morgan fingerprint density at radius 1 is 1.27 bits per heavy atom. The third-order valence-electron chi connectivity index (χ3n) is 4.29. The average molecular weight is 303 g/mol. The maximum Gasteiger partial charge on any atom is 0.315 e. The van der Waals surface area contributed by atoms with Gasteiger partial charge in [0, 0.05) is 37.2 Å². The van der Waals surface area contributed by atoms with Gasteiger partial charge in [-0.1, -0.05) is 38.2 Å². The minimum atomic E-state index is 0.249. The number of rotatable bonds is 5. The Morgan fingerprint density at radius 2 is 2.05 bits per heavy atom. The van der Waals surface area contributed by atoms with Gasteiger partial charge in [-0.3, -0.25) is 4.68 Å². The molecule has 1 fully saturated rings. The van der Waals surface area contributed by atoms with Crippen LogP contribution in [0.2, 0.25) is 0 Å². The largest absolute Gasteiger partial charge is 0.408 e. The summed E-state index contributed by atoms with van der Waals surface area (Å²) in [6, 6.07) is 0.488. The first-order chi connectivity index (χ1) is 10.6. The van der Waals surface area contributed by atoms with E-state index >= 15 is 0 Å².